The minimum absolute atomic E-state index is 0.0356. The van der Waals surface area contributed by atoms with Gasteiger partial charge in [-0.05, 0) is 38.0 Å². The van der Waals surface area contributed by atoms with Gasteiger partial charge >= 0.3 is 5.97 Å². The average molecular weight is 419 g/mol. The molecule has 2 aromatic rings. The van der Waals surface area contributed by atoms with Gasteiger partial charge in [0.05, 0.1) is 12.7 Å². The highest BCUT2D eigenvalue weighted by molar-refractivity contribution is 7.99. The molecule has 156 valence electrons. The number of phenols is 2. The number of esters is 1. The Bertz CT molecular complexity index is 953. The molecule has 0 bridgehead atoms. The minimum Gasteiger partial charge on any atom is -0.504 e. The molecule has 1 aliphatic rings. The number of benzene rings is 1. The molecule has 1 unspecified atom stereocenters. The fraction of sp³-hybridized carbons (Fsp3) is 0.429. The zero-order valence-corrected chi connectivity index (χ0v) is 17.9. The van der Waals surface area contributed by atoms with E-state index in [0.29, 0.717) is 30.7 Å². The van der Waals surface area contributed by atoms with Crippen molar-refractivity contribution in [2.75, 3.05) is 19.4 Å². The summed E-state index contributed by atoms with van der Waals surface area (Å²) in [6.07, 6.45) is 0.968. The number of ether oxygens (including phenoxy) is 1. The number of hydrogen-bond acceptors (Lipinski definition) is 6. The van der Waals surface area contributed by atoms with Crippen LogP contribution in [0.15, 0.2) is 18.2 Å². The molecule has 1 fully saturated rings. The number of phenolic OH excluding ortho intramolecular Hbond substituents is 2. The van der Waals surface area contributed by atoms with Crippen LogP contribution in [0.4, 0.5) is 0 Å². The highest BCUT2D eigenvalue weighted by Crippen LogP contribution is 2.42. The van der Waals surface area contributed by atoms with E-state index in [2.05, 4.69) is 0 Å². The molecule has 7 nitrogen and oxygen atoms in total. The topological polar surface area (TPSA) is 92.0 Å². The normalized spacial score (nSPS) is 16.9. The molecular formula is C21H26N2O5S. The Morgan fingerprint density at radius 2 is 1.97 bits per heavy atom. The second-order valence-corrected chi connectivity index (χ2v) is 8.33. The fourth-order valence-corrected chi connectivity index (χ4v) is 5.09. The Morgan fingerprint density at radius 1 is 1.24 bits per heavy atom. The Kier molecular flexibility index (Phi) is 6.12. The van der Waals surface area contributed by atoms with Gasteiger partial charge in [0.1, 0.15) is 5.37 Å². The van der Waals surface area contributed by atoms with Gasteiger partial charge in [0.25, 0.3) is 0 Å². The molecule has 0 spiro atoms. The molecule has 8 heteroatoms. The maximum Gasteiger partial charge on any atom is 0.340 e. The van der Waals surface area contributed by atoms with E-state index in [9.17, 15) is 19.8 Å². The maximum atomic E-state index is 12.8. The van der Waals surface area contributed by atoms with Gasteiger partial charge in [0.15, 0.2) is 11.5 Å². The lowest BCUT2D eigenvalue weighted by atomic mass is 10.1. The summed E-state index contributed by atoms with van der Waals surface area (Å²) < 4.78 is 6.97. The molecule has 0 aliphatic carbocycles. The van der Waals surface area contributed by atoms with Gasteiger partial charge < -0.3 is 24.4 Å². The molecule has 1 atom stereocenters. The van der Waals surface area contributed by atoms with E-state index >= 15 is 0 Å². The number of aromatic nitrogens is 1. The van der Waals surface area contributed by atoms with Gasteiger partial charge in [0.2, 0.25) is 5.91 Å². The van der Waals surface area contributed by atoms with E-state index in [1.807, 2.05) is 25.5 Å². The average Bonchev–Trinajstić information content (AvgIpc) is 2.92. The number of carbonyl (C=O) groups is 2. The lowest BCUT2D eigenvalue weighted by Gasteiger charge is -2.36. The van der Waals surface area contributed by atoms with Crippen LogP contribution < -0.4 is 0 Å². The summed E-state index contributed by atoms with van der Waals surface area (Å²) in [5, 5.41) is 18.9. The molecule has 1 amide bonds. The van der Waals surface area contributed by atoms with Crippen molar-refractivity contribution in [2.45, 2.75) is 32.1 Å². The molecule has 0 radical (unpaired) electrons. The van der Waals surface area contributed by atoms with Crippen LogP contribution >= 0.6 is 11.8 Å². The van der Waals surface area contributed by atoms with E-state index < -0.39 is 5.97 Å². The van der Waals surface area contributed by atoms with E-state index in [-0.39, 0.29) is 22.8 Å². The molecule has 29 heavy (non-hydrogen) atoms. The lowest BCUT2D eigenvalue weighted by molar-refractivity contribution is -0.132. The standard InChI is InChI=1S/C21H26N2O5S/c1-12-18(19(21(27)28-4)13(2)22(12)3)20-23(17(26)8-10-29-20)9-7-14-5-6-15(24)16(25)11-14/h5-6,11,20,24-25H,7-10H2,1-4H3. The van der Waals surface area contributed by atoms with Crippen LogP contribution in [0.3, 0.4) is 0 Å². The number of carbonyl (C=O) groups excluding carboxylic acids is 2. The van der Waals surface area contributed by atoms with Gasteiger partial charge in [-0.15, -0.1) is 11.8 Å². The molecule has 1 aliphatic heterocycles. The zero-order chi connectivity index (χ0) is 21.3. The van der Waals surface area contributed by atoms with Gasteiger partial charge in [-0.1, -0.05) is 6.07 Å². The second-order valence-electron chi connectivity index (χ2n) is 7.14. The van der Waals surface area contributed by atoms with Crippen molar-refractivity contribution in [3.05, 3.63) is 46.3 Å². The zero-order valence-electron chi connectivity index (χ0n) is 17.1. The third-order valence-corrected chi connectivity index (χ3v) is 6.79. The molecule has 2 heterocycles. The number of thioether (sulfide) groups is 1. The highest BCUT2D eigenvalue weighted by atomic mass is 32.2. The number of rotatable bonds is 5. The van der Waals surface area contributed by atoms with E-state index in [0.717, 1.165) is 22.5 Å². The summed E-state index contributed by atoms with van der Waals surface area (Å²) in [4.78, 5) is 27.1. The SMILES string of the molecule is COC(=O)c1c(C2SCCC(=O)N2CCc2ccc(O)c(O)c2)c(C)n(C)c1C. The third kappa shape index (κ3) is 3.94. The number of methoxy groups -OCH3 is 1. The van der Waals surface area contributed by atoms with Crippen LogP contribution in [0.25, 0.3) is 0 Å². The van der Waals surface area contributed by atoms with Gasteiger partial charge in [-0.25, -0.2) is 4.79 Å². The van der Waals surface area contributed by atoms with E-state index in [1.54, 1.807) is 22.7 Å². The number of aromatic hydroxyl groups is 2. The maximum absolute atomic E-state index is 12.8. The highest BCUT2D eigenvalue weighted by Gasteiger charge is 2.36. The summed E-state index contributed by atoms with van der Waals surface area (Å²) in [5.41, 5.74) is 3.90. The summed E-state index contributed by atoms with van der Waals surface area (Å²) in [5.74, 6) is -0.0273. The van der Waals surface area contributed by atoms with Crippen molar-refractivity contribution < 1.29 is 24.5 Å². The Morgan fingerprint density at radius 3 is 2.62 bits per heavy atom. The van der Waals surface area contributed by atoms with Crippen LogP contribution in [0.2, 0.25) is 0 Å². The van der Waals surface area contributed by atoms with E-state index in [1.165, 1.54) is 19.2 Å². The quantitative estimate of drug-likeness (QED) is 0.573. The predicted molar refractivity (Wildman–Crippen MR) is 111 cm³/mol. The van der Waals surface area contributed by atoms with Crippen molar-refractivity contribution in [3.63, 3.8) is 0 Å². The van der Waals surface area contributed by atoms with Gasteiger partial charge in [-0.2, -0.15) is 0 Å². The first-order chi connectivity index (χ1) is 13.8. The summed E-state index contributed by atoms with van der Waals surface area (Å²) in [7, 11) is 3.27. The van der Waals surface area contributed by atoms with Gasteiger partial charge in [0, 0.05) is 42.7 Å². The van der Waals surface area contributed by atoms with Crippen LogP contribution in [-0.4, -0.2) is 51.0 Å². The summed E-state index contributed by atoms with van der Waals surface area (Å²) >= 11 is 1.64. The first-order valence-electron chi connectivity index (χ1n) is 9.42. The number of nitrogens with zero attached hydrogens (tertiary/aromatic N) is 2. The smallest absolute Gasteiger partial charge is 0.340 e. The van der Waals surface area contributed by atoms with Crippen molar-refractivity contribution in [2.24, 2.45) is 7.05 Å². The van der Waals surface area contributed by atoms with Crippen molar-refractivity contribution in [3.8, 4) is 11.5 Å². The Labute approximate surface area is 174 Å². The van der Waals surface area contributed by atoms with Crippen LogP contribution in [-0.2, 0) is 23.0 Å². The van der Waals surface area contributed by atoms with Gasteiger partial charge in [-0.3, -0.25) is 4.79 Å². The Hall–Kier alpha value is -2.61. The molecule has 1 saturated heterocycles. The molecular weight excluding hydrogens is 392 g/mol. The summed E-state index contributed by atoms with van der Waals surface area (Å²) in [6, 6.07) is 4.67. The van der Waals surface area contributed by atoms with Crippen LogP contribution in [0.5, 0.6) is 11.5 Å². The molecule has 2 N–H and O–H groups in total. The monoisotopic (exact) mass is 418 g/mol. The largest absolute Gasteiger partial charge is 0.504 e. The number of hydrogen-bond donors (Lipinski definition) is 2. The molecule has 0 saturated carbocycles. The predicted octanol–water partition coefficient (Wildman–Crippen LogP) is 3.05. The fourth-order valence-electron chi connectivity index (χ4n) is 3.72. The van der Waals surface area contributed by atoms with Crippen LogP contribution in [0, 0.1) is 13.8 Å². The molecule has 1 aromatic carbocycles. The molecule has 3 rings (SSSR count). The Balaban J connectivity index is 1.95. The lowest BCUT2D eigenvalue weighted by Crippen LogP contribution is -2.39. The van der Waals surface area contributed by atoms with E-state index in [4.69, 9.17) is 4.74 Å². The first kappa shape index (κ1) is 21.1. The van der Waals surface area contributed by atoms with Crippen molar-refractivity contribution in [1.82, 2.24) is 9.47 Å². The van der Waals surface area contributed by atoms with Crippen molar-refractivity contribution >= 4 is 23.6 Å². The second kappa shape index (κ2) is 8.41. The van der Waals surface area contributed by atoms with Crippen LogP contribution in [0.1, 0.15) is 44.7 Å². The third-order valence-electron chi connectivity index (χ3n) is 5.54. The van der Waals surface area contributed by atoms with Crippen molar-refractivity contribution in [1.29, 1.82) is 0 Å². The number of amides is 1. The minimum atomic E-state index is -0.400. The summed E-state index contributed by atoms with van der Waals surface area (Å²) in [6.45, 7) is 4.26. The first-order valence-corrected chi connectivity index (χ1v) is 10.5. The molecule has 1 aromatic heterocycles.